The second-order valence-corrected chi connectivity index (χ2v) is 6.67. The van der Waals surface area contributed by atoms with Crippen LogP contribution in [-0.2, 0) is 4.79 Å². The molecule has 2 aromatic carbocycles. The largest absolute Gasteiger partial charge is 0.486 e. The third-order valence-electron chi connectivity index (χ3n) is 4.81. The molecule has 6 nitrogen and oxygen atoms in total. The van der Waals surface area contributed by atoms with E-state index < -0.39 is 11.9 Å². The fraction of sp³-hybridized carbons (Fsp3) is 0.238. The van der Waals surface area contributed by atoms with E-state index in [1.54, 1.807) is 30.5 Å². The minimum absolute atomic E-state index is 0.111. The van der Waals surface area contributed by atoms with E-state index in [-0.39, 0.29) is 12.2 Å². The van der Waals surface area contributed by atoms with Gasteiger partial charge in [0.15, 0.2) is 17.3 Å². The van der Waals surface area contributed by atoms with Crippen LogP contribution in [-0.4, -0.2) is 35.1 Å². The van der Waals surface area contributed by atoms with Gasteiger partial charge in [0.1, 0.15) is 13.2 Å². The number of carbonyl (C=O) groups is 2. The maximum atomic E-state index is 12.6. The molecule has 1 aliphatic rings. The van der Waals surface area contributed by atoms with Crippen molar-refractivity contribution in [3.05, 3.63) is 59.3 Å². The third kappa shape index (κ3) is 3.26. The first-order valence-corrected chi connectivity index (χ1v) is 8.76. The van der Waals surface area contributed by atoms with E-state index in [2.05, 4.69) is 4.98 Å². The molecule has 138 valence electrons. The molecule has 3 aromatic rings. The monoisotopic (exact) mass is 365 g/mol. The van der Waals surface area contributed by atoms with Crippen LogP contribution < -0.4 is 9.47 Å². The van der Waals surface area contributed by atoms with E-state index in [9.17, 15) is 14.7 Å². The molecule has 1 atom stereocenters. The predicted molar refractivity (Wildman–Crippen MR) is 99.8 cm³/mol. The summed E-state index contributed by atoms with van der Waals surface area (Å²) in [5, 5.41) is 10.5. The summed E-state index contributed by atoms with van der Waals surface area (Å²) in [4.78, 5) is 27.6. The van der Waals surface area contributed by atoms with Gasteiger partial charge in [0, 0.05) is 35.2 Å². The molecule has 0 amide bonds. The van der Waals surface area contributed by atoms with Gasteiger partial charge in [-0.15, -0.1) is 0 Å². The Balaban J connectivity index is 1.68. The van der Waals surface area contributed by atoms with E-state index in [0.717, 1.165) is 16.5 Å². The van der Waals surface area contributed by atoms with Crippen molar-refractivity contribution in [2.24, 2.45) is 0 Å². The van der Waals surface area contributed by atoms with Gasteiger partial charge in [-0.1, -0.05) is 29.8 Å². The van der Waals surface area contributed by atoms with Crippen LogP contribution in [0.1, 0.15) is 33.8 Å². The number of ketones is 1. The average molecular weight is 365 g/mol. The number of carbonyl (C=O) groups excluding carboxylic acids is 1. The molecule has 0 saturated carbocycles. The number of carboxylic acids is 1. The molecule has 0 saturated heterocycles. The van der Waals surface area contributed by atoms with E-state index >= 15 is 0 Å². The first-order valence-electron chi connectivity index (χ1n) is 8.76. The molecule has 0 aliphatic carbocycles. The highest BCUT2D eigenvalue weighted by Gasteiger charge is 2.27. The minimum atomic E-state index is -1.04. The van der Waals surface area contributed by atoms with Crippen molar-refractivity contribution in [1.29, 1.82) is 0 Å². The standard InChI is InChI=1S/C21H19NO5/c1-12-2-4-13(5-3-12)18(23)8-15(21(24)25)16-11-22-17-10-20-19(9-14(16)17)26-6-7-27-20/h2-5,9-11,15,22H,6-8H2,1H3,(H,24,25). The lowest BCUT2D eigenvalue weighted by Crippen LogP contribution is -2.17. The zero-order chi connectivity index (χ0) is 19.0. The number of fused-ring (bicyclic) bond motifs is 2. The van der Waals surface area contributed by atoms with Crippen LogP contribution in [0, 0.1) is 6.92 Å². The number of nitrogens with one attached hydrogen (secondary N) is 1. The molecular formula is C21H19NO5. The van der Waals surface area contributed by atoms with Crippen LogP contribution in [0.4, 0.5) is 0 Å². The number of ether oxygens (including phenoxy) is 2. The van der Waals surface area contributed by atoms with Gasteiger partial charge in [-0.25, -0.2) is 0 Å². The van der Waals surface area contributed by atoms with Crippen LogP contribution in [0.15, 0.2) is 42.6 Å². The summed E-state index contributed by atoms with van der Waals surface area (Å²) in [5.74, 6) is -0.969. The molecule has 2 N–H and O–H groups in total. The summed E-state index contributed by atoms with van der Waals surface area (Å²) in [5.41, 5.74) is 2.88. The number of H-pyrrole nitrogens is 1. The van der Waals surface area contributed by atoms with Gasteiger partial charge in [-0.05, 0) is 18.6 Å². The zero-order valence-corrected chi connectivity index (χ0v) is 14.8. The number of carboxylic acid groups (broad SMARTS) is 1. The molecule has 1 aliphatic heterocycles. The first kappa shape index (κ1) is 17.1. The summed E-state index contributed by atoms with van der Waals surface area (Å²) < 4.78 is 11.2. The lowest BCUT2D eigenvalue weighted by Gasteiger charge is -2.18. The number of Topliss-reactive ketones (excluding diaryl/α,β-unsaturated/α-hetero) is 1. The minimum Gasteiger partial charge on any atom is -0.486 e. The van der Waals surface area contributed by atoms with Gasteiger partial charge >= 0.3 is 5.97 Å². The van der Waals surface area contributed by atoms with Gasteiger partial charge in [0.2, 0.25) is 0 Å². The number of hydrogen-bond acceptors (Lipinski definition) is 4. The molecule has 0 radical (unpaired) electrons. The predicted octanol–water partition coefficient (Wildman–Crippen LogP) is 3.69. The molecule has 0 spiro atoms. The Morgan fingerprint density at radius 1 is 1.11 bits per heavy atom. The maximum absolute atomic E-state index is 12.6. The van der Waals surface area contributed by atoms with Crippen molar-refractivity contribution in [2.45, 2.75) is 19.3 Å². The maximum Gasteiger partial charge on any atom is 0.311 e. The SMILES string of the molecule is Cc1ccc(C(=O)CC(C(=O)O)c2c[nH]c3cc4c(cc23)OCCO4)cc1. The van der Waals surface area contributed by atoms with E-state index in [1.807, 2.05) is 19.1 Å². The number of aryl methyl sites for hydroxylation is 1. The van der Waals surface area contributed by atoms with E-state index in [0.29, 0.717) is 35.8 Å². The summed E-state index contributed by atoms with van der Waals surface area (Å²) in [6.07, 6.45) is 1.54. The molecule has 1 aromatic heterocycles. The summed E-state index contributed by atoms with van der Waals surface area (Å²) in [6, 6.07) is 10.7. The van der Waals surface area contributed by atoms with Crippen LogP contribution in [0.3, 0.4) is 0 Å². The highest BCUT2D eigenvalue weighted by atomic mass is 16.6. The number of aromatic nitrogens is 1. The molecule has 0 bridgehead atoms. The zero-order valence-electron chi connectivity index (χ0n) is 14.8. The van der Waals surface area contributed by atoms with Gasteiger partial charge < -0.3 is 19.6 Å². The molecule has 0 fully saturated rings. The van der Waals surface area contributed by atoms with Crippen molar-refractivity contribution in [3.8, 4) is 11.5 Å². The lowest BCUT2D eigenvalue weighted by molar-refractivity contribution is -0.138. The fourth-order valence-corrected chi connectivity index (χ4v) is 3.34. The molecule has 1 unspecified atom stereocenters. The van der Waals surface area contributed by atoms with Crippen molar-refractivity contribution in [1.82, 2.24) is 4.98 Å². The number of aromatic amines is 1. The highest BCUT2D eigenvalue weighted by molar-refractivity contribution is 6.00. The highest BCUT2D eigenvalue weighted by Crippen LogP contribution is 2.38. The summed E-state index contributed by atoms with van der Waals surface area (Å²) in [6.45, 7) is 2.87. The van der Waals surface area contributed by atoms with Crippen molar-refractivity contribution >= 4 is 22.7 Å². The van der Waals surface area contributed by atoms with Gasteiger partial charge in [0.05, 0.1) is 5.92 Å². The molecule has 6 heteroatoms. The van der Waals surface area contributed by atoms with Crippen molar-refractivity contribution in [3.63, 3.8) is 0 Å². The molecular weight excluding hydrogens is 346 g/mol. The molecule has 27 heavy (non-hydrogen) atoms. The Morgan fingerprint density at radius 2 is 1.78 bits per heavy atom. The quantitative estimate of drug-likeness (QED) is 0.673. The third-order valence-corrected chi connectivity index (χ3v) is 4.81. The topological polar surface area (TPSA) is 88.6 Å². The Kier molecular flexibility index (Phi) is 4.32. The smallest absolute Gasteiger partial charge is 0.311 e. The van der Waals surface area contributed by atoms with Gasteiger partial charge in [0.25, 0.3) is 0 Å². The van der Waals surface area contributed by atoms with Crippen molar-refractivity contribution in [2.75, 3.05) is 13.2 Å². The Hall–Kier alpha value is -3.28. The number of benzene rings is 2. The Bertz CT molecular complexity index is 1020. The number of hydrogen-bond donors (Lipinski definition) is 2. The lowest BCUT2D eigenvalue weighted by atomic mass is 9.91. The normalized spacial score (nSPS) is 14.1. The van der Waals surface area contributed by atoms with Crippen LogP contribution in [0.2, 0.25) is 0 Å². The second-order valence-electron chi connectivity index (χ2n) is 6.67. The number of aliphatic carboxylic acids is 1. The van der Waals surface area contributed by atoms with E-state index in [4.69, 9.17) is 9.47 Å². The first-order chi connectivity index (χ1) is 13.0. The average Bonchev–Trinajstić information content (AvgIpc) is 3.06. The van der Waals surface area contributed by atoms with Crippen LogP contribution in [0.5, 0.6) is 11.5 Å². The van der Waals surface area contributed by atoms with Crippen LogP contribution >= 0.6 is 0 Å². The van der Waals surface area contributed by atoms with Crippen LogP contribution in [0.25, 0.3) is 10.9 Å². The molecule has 2 heterocycles. The Labute approximate surface area is 155 Å². The fourth-order valence-electron chi connectivity index (χ4n) is 3.34. The van der Waals surface area contributed by atoms with E-state index in [1.165, 1.54) is 0 Å². The van der Waals surface area contributed by atoms with Crippen molar-refractivity contribution < 1.29 is 24.2 Å². The summed E-state index contributed by atoms with van der Waals surface area (Å²) in [7, 11) is 0. The number of rotatable bonds is 5. The molecule has 4 rings (SSSR count). The Morgan fingerprint density at radius 3 is 2.44 bits per heavy atom. The van der Waals surface area contributed by atoms with Gasteiger partial charge in [-0.3, -0.25) is 9.59 Å². The van der Waals surface area contributed by atoms with Gasteiger partial charge in [-0.2, -0.15) is 0 Å². The summed E-state index contributed by atoms with van der Waals surface area (Å²) >= 11 is 0. The second kappa shape index (κ2) is 6.79.